The maximum absolute atomic E-state index is 6.10. The molecule has 2 N–H and O–H groups in total. The molecule has 3 rings (SSSR count). The molecule has 0 unspecified atom stereocenters. The summed E-state index contributed by atoms with van der Waals surface area (Å²) in [6.07, 6.45) is 2.37. The molecule has 20 heavy (non-hydrogen) atoms. The number of aryl methyl sites for hydroxylation is 1. The van der Waals surface area contributed by atoms with Crippen LogP contribution in [-0.2, 0) is 0 Å². The Bertz CT molecular complexity index is 566. The number of hydrogen-bond acceptors (Lipinski definition) is 2. The summed E-state index contributed by atoms with van der Waals surface area (Å²) in [5.74, 6) is 0.609. The number of benzene rings is 2. The molecule has 0 spiro atoms. The largest absolute Gasteiger partial charge is 0.398 e. The molecule has 104 valence electrons. The van der Waals surface area contributed by atoms with E-state index >= 15 is 0 Å². The highest BCUT2D eigenvalue weighted by Gasteiger charge is 2.21. The Morgan fingerprint density at radius 3 is 2.25 bits per heavy atom. The SMILES string of the molecule is Cc1ccc(N2CCC(c3ccccc3N)CC2)cc1. The molecular weight excluding hydrogens is 244 g/mol. The minimum atomic E-state index is 0.609. The standard InChI is InChI=1S/C18H22N2/c1-14-6-8-16(9-7-14)20-12-10-15(11-13-20)17-4-2-3-5-18(17)19/h2-9,15H,10-13,19H2,1H3. The Morgan fingerprint density at radius 1 is 0.950 bits per heavy atom. The molecule has 0 aliphatic carbocycles. The van der Waals surface area contributed by atoms with Gasteiger partial charge in [0, 0.05) is 24.5 Å². The molecule has 2 aromatic carbocycles. The number of anilines is 2. The van der Waals surface area contributed by atoms with Gasteiger partial charge in [-0.15, -0.1) is 0 Å². The Balaban J connectivity index is 1.68. The second-order valence-electron chi connectivity index (χ2n) is 5.73. The Kier molecular flexibility index (Phi) is 3.64. The fraction of sp³-hybridized carbons (Fsp3) is 0.333. The van der Waals surface area contributed by atoms with Crippen molar-refractivity contribution in [1.29, 1.82) is 0 Å². The van der Waals surface area contributed by atoms with Crippen LogP contribution in [-0.4, -0.2) is 13.1 Å². The molecule has 1 fully saturated rings. The molecule has 1 aliphatic heterocycles. The summed E-state index contributed by atoms with van der Waals surface area (Å²) in [5.41, 5.74) is 11.0. The van der Waals surface area contributed by atoms with Crippen molar-refractivity contribution in [2.24, 2.45) is 0 Å². The average molecular weight is 266 g/mol. The van der Waals surface area contributed by atoms with E-state index < -0.39 is 0 Å². The van der Waals surface area contributed by atoms with Crippen molar-refractivity contribution in [3.05, 3.63) is 59.7 Å². The number of hydrogen-bond donors (Lipinski definition) is 1. The number of para-hydroxylation sites is 1. The lowest BCUT2D eigenvalue weighted by molar-refractivity contribution is 0.506. The predicted molar refractivity (Wildman–Crippen MR) is 86.2 cm³/mol. The van der Waals surface area contributed by atoms with Gasteiger partial charge >= 0.3 is 0 Å². The number of nitrogens with two attached hydrogens (primary N) is 1. The first kappa shape index (κ1) is 13.0. The third kappa shape index (κ3) is 2.64. The molecule has 1 aliphatic rings. The summed E-state index contributed by atoms with van der Waals surface area (Å²) in [6.45, 7) is 4.36. The molecule has 0 radical (unpaired) electrons. The van der Waals surface area contributed by atoms with Crippen LogP contribution in [0, 0.1) is 6.92 Å². The number of rotatable bonds is 2. The minimum absolute atomic E-state index is 0.609. The Morgan fingerprint density at radius 2 is 1.60 bits per heavy atom. The second kappa shape index (κ2) is 5.58. The summed E-state index contributed by atoms with van der Waals surface area (Å²) < 4.78 is 0. The van der Waals surface area contributed by atoms with Crippen molar-refractivity contribution in [1.82, 2.24) is 0 Å². The summed E-state index contributed by atoms with van der Waals surface area (Å²) in [5, 5.41) is 0. The molecule has 0 amide bonds. The topological polar surface area (TPSA) is 29.3 Å². The lowest BCUT2D eigenvalue weighted by Crippen LogP contribution is -2.33. The normalized spacial score (nSPS) is 16.4. The highest BCUT2D eigenvalue weighted by Crippen LogP contribution is 2.33. The van der Waals surface area contributed by atoms with Crippen molar-refractivity contribution in [3.8, 4) is 0 Å². The monoisotopic (exact) mass is 266 g/mol. The highest BCUT2D eigenvalue weighted by atomic mass is 15.1. The third-order valence-corrected chi connectivity index (χ3v) is 4.33. The van der Waals surface area contributed by atoms with Gasteiger partial charge in [-0.1, -0.05) is 35.9 Å². The second-order valence-corrected chi connectivity index (χ2v) is 5.73. The number of nitrogens with zero attached hydrogens (tertiary/aromatic N) is 1. The third-order valence-electron chi connectivity index (χ3n) is 4.33. The summed E-state index contributed by atoms with van der Waals surface area (Å²) in [6, 6.07) is 17.1. The van der Waals surface area contributed by atoms with E-state index in [-0.39, 0.29) is 0 Å². The first-order valence-corrected chi connectivity index (χ1v) is 7.40. The van der Waals surface area contributed by atoms with E-state index in [9.17, 15) is 0 Å². The molecule has 2 aromatic rings. The van der Waals surface area contributed by atoms with E-state index in [0.29, 0.717) is 5.92 Å². The maximum Gasteiger partial charge on any atom is 0.0366 e. The van der Waals surface area contributed by atoms with Gasteiger partial charge in [0.05, 0.1) is 0 Å². The van der Waals surface area contributed by atoms with Gasteiger partial charge in [-0.3, -0.25) is 0 Å². The van der Waals surface area contributed by atoms with Gasteiger partial charge in [-0.25, -0.2) is 0 Å². The molecule has 1 saturated heterocycles. The van der Waals surface area contributed by atoms with E-state index in [1.165, 1.54) is 29.7 Å². The first-order valence-electron chi connectivity index (χ1n) is 7.40. The van der Waals surface area contributed by atoms with Crippen molar-refractivity contribution >= 4 is 11.4 Å². The van der Waals surface area contributed by atoms with Crippen LogP contribution in [0.1, 0.15) is 29.9 Å². The van der Waals surface area contributed by atoms with Crippen LogP contribution >= 0.6 is 0 Å². The van der Waals surface area contributed by atoms with Crippen molar-refractivity contribution in [2.45, 2.75) is 25.7 Å². The van der Waals surface area contributed by atoms with E-state index in [1.807, 2.05) is 12.1 Å². The van der Waals surface area contributed by atoms with Crippen molar-refractivity contribution < 1.29 is 0 Å². The highest BCUT2D eigenvalue weighted by molar-refractivity contribution is 5.51. The van der Waals surface area contributed by atoms with Gasteiger partial charge < -0.3 is 10.6 Å². The van der Waals surface area contributed by atoms with Crippen LogP contribution in [0.25, 0.3) is 0 Å². The molecule has 0 aromatic heterocycles. The predicted octanol–water partition coefficient (Wildman–Crippen LogP) is 3.96. The lowest BCUT2D eigenvalue weighted by atomic mass is 9.88. The van der Waals surface area contributed by atoms with Gasteiger partial charge in [-0.2, -0.15) is 0 Å². The van der Waals surface area contributed by atoms with Crippen LogP contribution in [0.5, 0.6) is 0 Å². The summed E-state index contributed by atoms with van der Waals surface area (Å²) >= 11 is 0. The minimum Gasteiger partial charge on any atom is -0.398 e. The van der Waals surface area contributed by atoms with E-state index in [0.717, 1.165) is 18.8 Å². The number of piperidine rings is 1. The fourth-order valence-corrected chi connectivity index (χ4v) is 3.09. The van der Waals surface area contributed by atoms with Crippen LogP contribution in [0.4, 0.5) is 11.4 Å². The van der Waals surface area contributed by atoms with Crippen LogP contribution in [0.3, 0.4) is 0 Å². The molecule has 2 heteroatoms. The Labute approximate surface area is 121 Å². The lowest BCUT2D eigenvalue weighted by Gasteiger charge is -2.34. The molecule has 0 bridgehead atoms. The van der Waals surface area contributed by atoms with E-state index in [2.05, 4.69) is 48.2 Å². The summed E-state index contributed by atoms with van der Waals surface area (Å²) in [4.78, 5) is 2.48. The molecule has 0 atom stereocenters. The van der Waals surface area contributed by atoms with Crippen molar-refractivity contribution in [2.75, 3.05) is 23.7 Å². The average Bonchev–Trinajstić information content (AvgIpc) is 2.49. The zero-order valence-electron chi connectivity index (χ0n) is 12.0. The zero-order chi connectivity index (χ0) is 13.9. The quantitative estimate of drug-likeness (QED) is 0.834. The van der Waals surface area contributed by atoms with Gasteiger partial charge in [0.15, 0.2) is 0 Å². The van der Waals surface area contributed by atoms with Gasteiger partial charge in [0.1, 0.15) is 0 Å². The van der Waals surface area contributed by atoms with Gasteiger partial charge in [0.25, 0.3) is 0 Å². The Hall–Kier alpha value is -1.96. The van der Waals surface area contributed by atoms with E-state index in [1.54, 1.807) is 0 Å². The molecule has 2 nitrogen and oxygen atoms in total. The van der Waals surface area contributed by atoms with Gasteiger partial charge in [-0.05, 0) is 49.4 Å². The van der Waals surface area contributed by atoms with Gasteiger partial charge in [0.2, 0.25) is 0 Å². The van der Waals surface area contributed by atoms with E-state index in [4.69, 9.17) is 5.73 Å². The fourth-order valence-electron chi connectivity index (χ4n) is 3.09. The number of nitrogen functional groups attached to an aromatic ring is 1. The van der Waals surface area contributed by atoms with Crippen molar-refractivity contribution in [3.63, 3.8) is 0 Å². The van der Waals surface area contributed by atoms with Crippen LogP contribution in [0.2, 0.25) is 0 Å². The molecule has 0 saturated carbocycles. The van der Waals surface area contributed by atoms with Crippen LogP contribution in [0.15, 0.2) is 48.5 Å². The first-order chi connectivity index (χ1) is 9.74. The molecular formula is C18H22N2. The maximum atomic E-state index is 6.10. The summed E-state index contributed by atoms with van der Waals surface area (Å²) in [7, 11) is 0. The smallest absolute Gasteiger partial charge is 0.0366 e. The van der Waals surface area contributed by atoms with Crippen LogP contribution < -0.4 is 10.6 Å². The molecule has 1 heterocycles. The zero-order valence-corrected chi connectivity index (χ0v) is 12.0.